The molecular formula is C14H13F2NO. The molecule has 2 N–H and O–H groups in total. The molecule has 2 nitrogen and oxygen atoms in total. The van der Waals surface area contributed by atoms with E-state index in [0.29, 0.717) is 11.4 Å². The van der Waals surface area contributed by atoms with E-state index in [-0.39, 0.29) is 11.3 Å². The predicted molar refractivity (Wildman–Crippen MR) is 67.1 cm³/mol. The molecule has 18 heavy (non-hydrogen) atoms. The molecule has 0 spiro atoms. The highest BCUT2D eigenvalue weighted by Gasteiger charge is 2.15. The lowest BCUT2D eigenvalue weighted by Crippen LogP contribution is -1.95. The van der Waals surface area contributed by atoms with Crippen molar-refractivity contribution in [1.82, 2.24) is 0 Å². The first-order chi connectivity index (χ1) is 8.58. The van der Waals surface area contributed by atoms with Gasteiger partial charge in [0.05, 0.1) is 5.56 Å². The number of benzene rings is 2. The normalized spacial score (nSPS) is 10.7. The maximum absolute atomic E-state index is 12.9. The van der Waals surface area contributed by atoms with Crippen molar-refractivity contribution in [3.05, 3.63) is 53.6 Å². The van der Waals surface area contributed by atoms with Crippen LogP contribution in [0, 0.1) is 6.92 Å². The Labute approximate surface area is 104 Å². The third-order valence-electron chi connectivity index (χ3n) is 2.58. The molecule has 0 aliphatic rings. The number of nitrogen functional groups attached to an aromatic ring is 1. The summed E-state index contributed by atoms with van der Waals surface area (Å²) < 4.78 is 31.3. The van der Waals surface area contributed by atoms with Crippen LogP contribution < -0.4 is 10.5 Å². The van der Waals surface area contributed by atoms with Gasteiger partial charge in [0.15, 0.2) is 0 Å². The van der Waals surface area contributed by atoms with Crippen molar-refractivity contribution in [3.8, 4) is 11.5 Å². The molecule has 94 valence electrons. The van der Waals surface area contributed by atoms with Crippen LogP contribution in [0.25, 0.3) is 0 Å². The molecule has 0 fully saturated rings. The molecule has 0 radical (unpaired) electrons. The van der Waals surface area contributed by atoms with Crippen LogP contribution in [0.2, 0.25) is 0 Å². The molecule has 2 rings (SSSR count). The zero-order valence-electron chi connectivity index (χ0n) is 9.86. The summed E-state index contributed by atoms with van der Waals surface area (Å²) in [6.07, 6.45) is -2.62. The SMILES string of the molecule is Cc1ccccc1Oc1ccc(N)cc1C(F)F. The fraction of sp³-hybridized carbons (Fsp3) is 0.143. The minimum absolute atomic E-state index is 0.133. The predicted octanol–water partition coefficient (Wildman–Crippen LogP) is 4.31. The van der Waals surface area contributed by atoms with Crippen molar-refractivity contribution in [1.29, 1.82) is 0 Å². The first kappa shape index (κ1) is 12.4. The Hall–Kier alpha value is -2.10. The lowest BCUT2D eigenvalue weighted by atomic mass is 10.1. The summed E-state index contributed by atoms with van der Waals surface area (Å²) in [6.45, 7) is 1.86. The van der Waals surface area contributed by atoms with Gasteiger partial charge in [-0.3, -0.25) is 0 Å². The van der Waals surface area contributed by atoms with Crippen molar-refractivity contribution in [2.24, 2.45) is 0 Å². The van der Waals surface area contributed by atoms with Gasteiger partial charge in [-0.1, -0.05) is 18.2 Å². The molecule has 0 saturated carbocycles. The van der Waals surface area contributed by atoms with E-state index in [1.54, 1.807) is 18.2 Å². The lowest BCUT2D eigenvalue weighted by molar-refractivity contribution is 0.148. The molecule has 2 aromatic rings. The van der Waals surface area contributed by atoms with E-state index < -0.39 is 6.43 Å². The fourth-order valence-electron chi connectivity index (χ4n) is 1.62. The van der Waals surface area contributed by atoms with Gasteiger partial charge in [-0.2, -0.15) is 0 Å². The molecule has 0 aliphatic carbocycles. The summed E-state index contributed by atoms with van der Waals surface area (Å²) in [7, 11) is 0. The minimum Gasteiger partial charge on any atom is -0.457 e. The zero-order valence-corrected chi connectivity index (χ0v) is 9.86. The maximum atomic E-state index is 12.9. The number of para-hydroxylation sites is 1. The summed E-state index contributed by atoms with van der Waals surface area (Å²) in [5, 5.41) is 0. The third kappa shape index (κ3) is 2.59. The van der Waals surface area contributed by atoms with E-state index in [2.05, 4.69) is 0 Å². The van der Waals surface area contributed by atoms with Gasteiger partial charge in [0.2, 0.25) is 0 Å². The number of anilines is 1. The van der Waals surface area contributed by atoms with Crippen LogP contribution in [0.4, 0.5) is 14.5 Å². The summed E-state index contributed by atoms with van der Waals surface area (Å²) in [5.41, 5.74) is 6.48. The number of nitrogens with two attached hydrogens (primary N) is 1. The number of alkyl halides is 2. The van der Waals surface area contributed by atoms with Gasteiger partial charge < -0.3 is 10.5 Å². The Balaban J connectivity index is 2.37. The molecule has 0 bridgehead atoms. The minimum atomic E-state index is -2.62. The number of ether oxygens (including phenoxy) is 1. The smallest absolute Gasteiger partial charge is 0.267 e. The second-order valence-electron chi connectivity index (χ2n) is 3.97. The molecular weight excluding hydrogens is 236 g/mol. The van der Waals surface area contributed by atoms with E-state index in [1.165, 1.54) is 12.1 Å². The largest absolute Gasteiger partial charge is 0.457 e. The van der Waals surface area contributed by atoms with E-state index >= 15 is 0 Å². The van der Waals surface area contributed by atoms with Crippen molar-refractivity contribution in [2.45, 2.75) is 13.3 Å². The van der Waals surface area contributed by atoms with Crippen molar-refractivity contribution in [3.63, 3.8) is 0 Å². The zero-order chi connectivity index (χ0) is 13.1. The van der Waals surface area contributed by atoms with Crippen LogP contribution >= 0.6 is 0 Å². The highest BCUT2D eigenvalue weighted by Crippen LogP contribution is 2.34. The standard InChI is InChI=1S/C14H13F2NO/c1-9-4-2-3-5-12(9)18-13-7-6-10(17)8-11(13)14(15)16/h2-8,14H,17H2,1H3. The number of hydrogen-bond donors (Lipinski definition) is 1. The molecule has 4 heteroatoms. The number of hydrogen-bond acceptors (Lipinski definition) is 2. The van der Waals surface area contributed by atoms with Crippen molar-refractivity contribution < 1.29 is 13.5 Å². The van der Waals surface area contributed by atoms with Crippen molar-refractivity contribution in [2.75, 3.05) is 5.73 Å². The first-order valence-corrected chi connectivity index (χ1v) is 5.49. The van der Waals surface area contributed by atoms with E-state index in [1.807, 2.05) is 19.1 Å². The van der Waals surface area contributed by atoms with Crippen LogP contribution in [0.15, 0.2) is 42.5 Å². The van der Waals surface area contributed by atoms with Gasteiger partial charge in [0, 0.05) is 5.69 Å². The van der Waals surface area contributed by atoms with Gasteiger partial charge in [-0.15, -0.1) is 0 Å². The Kier molecular flexibility index (Phi) is 3.46. The second kappa shape index (κ2) is 5.04. The summed E-state index contributed by atoms with van der Waals surface area (Å²) >= 11 is 0. The monoisotopic (exact) mass is 249 g/mol. The van der Waals surface area contributed by atoms with Crippen molar-refractivity contribution >= 4 is 5.69 Å². The molecule has 0 atom stereocenters. The third-order valence-corrected chi connectivity index (χ3v) is 2.58. The molecule has 0 aliphatic heterocycles. The summed E-state index contributed by atoms with van der Waals surface area (Å²) in [4.78, 5) is 0. The maximum Gasteiger partial charge on any atom is 0.267 e. The average Bonchev–Trinajstić information content (AvgIpc) is 2.34. The van der Waals surface area contributed by atoms with Gasteiger partial charge in [0.25, 0.3) is 6.43 Å². The molecule has 0 aromatic heterocycles. The Morgan fingerprint density at radius 1 is 1.06 bits per heavy atom. The number of rotatable bonds is 3. The Morgan fingerprint density at radius 2 is 1.78 bits per heavy atom. The average molecular weight is 249 g/mol. The number of halogens is 2. The fourth-order valence-corrected chi connectivity index (χ4v) is 1.62. The van der Waals surface area contributed by atoms with Crippen LogP contribution in [-0.2, 0) is 0 Å². The van der Waals surface area contributed by atoms with E-state index in [4.69, 9.17) is 10.5 Å². The van der Waals surface area contributed by atoms with Gasteiger partial charge in [-0.05, 0) is 36.8 Å². The molecule has 0 heterocycles. The molecule has 0 saturated heterocycles. The van der Waals surface area contributed by atoms with Gasteiger partial charge >= 0.3 is 0 Å². The molecule has 0 unspecified atom stereocenters. The van der Waals surface area contributed by atoms with E-state index in [0.717, 1.165) is 5.56 Å². The quantitative estimate of drug-likeness (QED) is 0.823. The van der Waals surface area contributed by atoms with Gasteiger partial charge in [0.1, 0.15) is 11.5 Å². The van der Waals surface area contributed by atoms with Crippen LogP contribution in [-0.4, -0.2) is 0 Å². The molecule has 2 aromatic carbocycles. The topological polar surface area (TPSA) is 35.2 Å². The van der Waals surface area contributed by atoms with E-state index in [9.17, 15) is 8.78 Å². The van der Waals surface area contributed by atoms with Crippen LogP contribution in [0.1, 0.15) is 17.6 Å². The summed E-state index contributed by atoms with van der Waals surface area (Å²) in [5.74, 6) is 0.692. The number of aryl methyl sites for hydroxylation is 1. The van der Waals surface area contributed by atoms with Crippen LogP contribution in [0.3, 0.4) is 0 Å². The Bertz CT molecular complexity index is 555. The highest BCUT2D eigenvalue weighted by atomic mass is 19.3. The summed E-state index contributed by atoms with van der Waals surface area (Å²) in [6, 6.07) is 11.5. The second-order valence-corrected chi connectivity index (χ2v) is 3.97. The highest BCUT2D eigenvalue weighted by molar-refractivity contribution is 5.50. The van der Waals surface area contributed by atoms with Gasteiger partial charge in [-0.25, -0.2) is 8.78 Å². The molecule has 0 amide bonds. The first-order valence-electron chi connectivity index (χ1n) is 5.49. The lowest BCUT2D eigenvalue weighted by Gasteiger charge is -2.12. The Morgan fingerprint density at radius 3 is 2.44 bits per heavy atom. The van der Waals surface area contributed by atoms with Crippen LogP contribution in [0.5, 0.6) is 11.5 Å².